The Morgan fingerprint density at radius 1 is 0.955 bits per heavy atom. The van der Waals surface area contributed by atoms with Crippen molar-refractivity contribution < 1.29 is 38.1 Å². The van der Waals surface area contributed by atoms with Gasteiger partial charge in [-0.3, -0.25) is 14.4 Å². The van der Waals surface area contributed by atoms with Gasteiger partial charge >= 0.3 is 17.9 Å². The highest BCUT2D eigenvalue weighted by Crippen LogP contribution is 2.31. The Morgan fingerprint density at radius 2 is 1.50 bits per heavy atom. The second-order valence-corrected chi connectivity index (χ2v) is 5.09. The zero-order valence-corrected chi connectivity index (χ0v) is 13.4. The van der Waals surface area contributed by atoms with E-state index in [0.29, 0.717) is 0 Å². The van der Waals surface area contributed by atoms with Crippen LogP contribution < -0.4 is 0 Å². The predicted molar refractivity (Wildman–Crippen MR) is 72.6 cm³/mol. The van der Waals surface area contributed by atoms with Gasteiger partial charge in [0, 0.05) is 33.8 Å². The van der Waals surface area contributed by atoms with Crippen LogP contribution in [0.15, 0.2) is 0 Å². The van der Waals surface area contributed by atoms with Gasteiger partial charge in [-0.05, 0) is 0 Å². The molecule has 1 fully saturated rings. The molecule has 0 radical (unpaired) electrons. The molecule has 5 unspecified atom stereocenters. The van der Waals surface area contributed by atoms with Crippen LogP contribution in [-0.4, -0.2) is 56.2 Å². The van der Waals surface area contributed by atoms with E-state index in [1.165, 1.54) is 27.9 Å². The lowest BCUT2D eigenvalue weighted by atomic mass is 9.92. The van der Waals surface area contributed by atoms with Gasteiger partial charge in [0.25, 0.3) is 0 Å². The van der Waals surface area contributed by atoms with E-state index in [1.54, 1.807) is 6.92 Å². The van der Waals surface area contributed by atoms with Crippen molar-refractivity contribution in [3.8, 4) is 0 Å². The van der Waals surface area contributed by atoms with Crippen LogP contribution in [0.5, 0.6) is 0 Å². The van der Waals surface area contributed by atoms with Crippen LogP contribution in [0.25, 0.3) is 0 Å². The van der Waals surface area contributed by atoms with Crippen LogP contribution in [0.3, 0.4) is 0 Å². The van der Waals surface area contributed by atoms with Gasteiger partial charge in [-0.2, -0.15) is 0 Å². The van der Waals surface area contributed by atoms with E-state index in [-0.39, 0.29) is 12.5 Å². The Balaban J connectivity index is 3.00. The topological polar surface area (TPSA) is 97.4 Å². The van der Waals surface area contributed by atoms with Gasteiger partial charge in [0.2, 0.25) is 0 Å². The molecule has 5 atom stereocenters. The van der Waals surface area contributed by atoms with Crippen molar-refractivity contribution in [3.05, 3.63) is 0 Å². The van der Waals surface area contributed by atoms with Crippen molar-refractivity contribution in [1.82, 2.24) is 0 Å². The summed E-state index contributed by atoms with van der Waals surface area (Å²) in [7, 11) is 1.45. The maximum atomic E-state index is 11.3. The fourth-order valence-corrected chi connectivity index (χ4v) is 2.34. The number of hydrogen-bond acceptors (Lipinski definition) is 8. The lowest BCUT2D eigenvalue weighted by Gasteiger charge is -2.43. The van der Waals surface area contributed by atoms with Crippen molar-refractivity contribution in [1.29, 1.82) is 0 Å². The molecule has 0 amide bonds. The van der Waals surface area contributed by atoms with Gasteiger partial charge in [0.1, 0.15) is 18.8 Å². The Morgan fingerprint density at radius 3 is 1.95 bits per heavy atom. The zero-order valence-electron chi connectivity index (χ0n) is 13.4. The molecule has 0 bridgehead atoms. The maximum Gasteiger partial charge on any atom is 0.303 e. The molecule has 8 nitrogen and oxygen atoms in total. The zero-order chi connectivity index (χ0) is 16.9. The minimum absolute atomic E-state index is 0.141. The van der Waals surface area contributed by atoms with Gasteiger partial charge in [0.05, 0.1) is 0 Å². The summed E-state index contributed by atoms with van der Waals surface area (Å²) in [5, 5.41) is 0. The van der Waals surface area contributed by atoms with Crippen LogP contribution in [0.1, 0.15) is 27.7 Å². The summed E-state index contributed by atoms with van der Waals surface area (Å²) in [5.41, 5.74) is 0. The molecule has 0 spiro atoms. The van der Waals surface area contributed by atoms with E-state index in [0.717, 1.165) is 0 Å². The van der Waals surface area contributed by atoms with E-state index in [4.69, 9.17) is 23.7 Å². The van der Waals surface area contributed by atoms with E-state index >= 15 is 0 Å². The summed E-state index contributed by atoms with van der Waals surface area (Å²) in [6, 6.07) is 0. The third-order valence-electron chi connectivity index (χ3n) is 3.23. The molecule has 22 heavy (non-hydrogen) atoms. The Bertz CT molecular complexity index is 421. The number of hydrogen-bond donors (Lipinski definition) is 0. The smallest absolute Gasteiger partial charge is 0.303 e. The first-order valence-electron chi connectivity index (χ1n) is 6.92. The quantitative estimate of drug-likeness (QED) is 0.531. The number of ether oxygens (including phenoxy) is 5. The van der Waals surface area contributed by atoms with Gasteiger partial charge in [0.15, 0.2) is 12.4 Å². The van der Waals surface area contributed by atoms with E-state index in [2.05, 4.69) is 0 Å². The van der Waals surface area contributed by atoms with Gasteiger partial charge in [-0.15, -0.1) is 0 Å². The average molecular weight is 318 g/mol. The summed E-state index contributed by atoms with van der Waals surface area (Å²) in [5.74, 6) is -1.94. The molecule has 0 saturated carbocycles. The number of rotatable bonds is 5. The number of methoxy groups -OCH3 is 1. The molecule has 0 aromatic heterocycles. The highest BCUT2D eigenvalue weighted by atomic mass is 16.7. The van der Waals surface area contributed by atoms with Gasteiger partial charge in [-0.1, -0.05) is 6.92 Å². The van der Waals surface area contributed by atoms with E-state index < -0.39 is 42.5 Å². The first kappa shape index (κ1) is 18.4. The van der Waals surface area contributed by atoms with Gasteiger partial charge < -0.3 is 23.7 Å². The fourth-order valence-electron chi connectivity index (χ4n) is 2.34. The summed E-state index contributed by atoms with van der Waals surface area (Å²) in [6.45, 7) is 5.36. The average Bonchev–Trinajstić information content (AvgIpc) is 2.41. The molecule has 1 saturated heterocycles. The van der Waals surface area contributed by atoms with Crippen molar-refractivity contribution in [2.24, 2.45) is 5.92 Å². The fraction of sp³-hybridized carbons (Fsp3) is 0.786. The van der Waals surface area contributed by atoms with Crippen LogP contribution in [0.4, 0.5) is 0 Å². The predicted octanol–water partition coefficient (Wildman–Crippen LogP) is 0.420. The molecular weight excluding hydrogens is 296 g/mol. The number of carbonyl (C=O) groups is 3. The lowest BCUT2D eigenvalue weighted by Crippen LogP contribution is -2.58. The second kappa shape index (κ2) is 8.09. The molecule has 8 heteroatoms. The van der Waals surface area contributed by atoms with Gasteiger partial charge in [-0.25, -0.2) is 0 Å². The largest absolute Gasteiger partial charge is 0.463 e. The molecule has 0 aromatic carbocycles. The molecule has 1 aliphatic rings. The Kier molecular flexibility index (Phi) is 6.76. The van der Waals surface area contributed by atoms with Crippen LogP contribution in [0.2, 0.25) is 0 Å². The highest BCUT2D eigenvalue weighted by Gasteiger charge is 2.48. The third-order valence-corrected chi connectivity index (χ3v) is 3.23. The van der Waals surface area contributed by atoms with E-state index in [1.807, 2.05) is 0 Å². The summed E-state index contributed by atoms with van der Waals surface area (Å²) >= 11 is 0. The summed E-state index contributed by atoms with van der Waals surface area (Å²) < 4.78 is 26.3. The first-order valence-corrected chi connectivity index (χ1v) is 6.92. The molecular formula is C14H22O8. The Hall–Kier alpha value is -1.67. The SMILES string of the molecule is COC1OC(COC(C)=O)C(OC(C)=O)C(OC(C)=O)C1C. The van der Waals surface area contributed by atoms with Crippen molar-refractivity contribution >= 4 is 17.9 Å². The monoisotopic (exact) mass is 318 g/mol. The number of esters is 3. The molecule has 0 aliphatic carbocycles. The molecule has 1 heterocycles. The summed E-state index contributed by atoms with van der Waals surface area (Å²) in [6.07, 6.45) is -3.13. The van der Waals surface area contributed by atoms with Crippen molar-refractivity contribution in [2.75, 3.05) is 13.7 Å². The molecule has 0 aromatic rings. The molecule has 0 N–H and O–H groups in total. The normalized spacial score (nSPS) is 31.2. The van der Waals surface area contributed by atoms with Crippen LogP contribution >= 0.6 is 0 Å². The molecule has 1 rings (SSSR count). The third kappa shape index (κ3) is 4.96. The first-order chi connectivity index (χ1) is 10.3. The Labute approximate surface area is 129 Å². The lowest BCUT2D eigenvalue weighted by molar-refractivity contribution is -0.282. The van der Waals surface area contributed by atoms with E-state index in [9.17, 15) is 14.4 Å². The minimum Gasteiger partial charge on any atom is -0.463 e. The molecule has 126 valence electrons. The standard InChI is InChI=1S/C14H22O8/c1-7-12(20-9(3)16)13(21-10(4)17)11(6-19-8(2)15)22-14(7)18-5/h7,11-14H,6H2,1-5H3. The molecule has 1 aliphatic heterocycles. The highest BCUT2D eigenvalue weighted by molar-refractivity contribution is 5.67. The minimum atomic E-state index is -0.887. The number of carbonyl (C=O) groups excluding carboxylic acids is 3. The summed E-state index contributed by atoms with van der Waals surface area (Å²) in [4.78, 5) is 33.6. The van der Waals surface area contributed by atoms with Crippen LogP contribution in [-0.2, 0) is 38.1 Å². The van der Waals surface area contributed by atoms with Crippen LogP contribution in [0, 0.1) is 5.92 Å². The second-order valence-electron chi connectivity index (χ2n) is 5.09. The maximum absolute atomic E-state index is 11.3. The van der Waals surface area contributed by atoms with Crippen molar-refractivity contribution in [2.45, 2.75) is 52.3 Å². The van der Waals surface area contributed by atoms with Crippen molar-refractivity contribution in [3.63, 3.8) is 0 Å².